The zero-order valence-electron chi connectivity index (χ0n) is 21.9. The third-order valence-corrected chi connectivity index (χ3v) is 6.51. The number of allylic oxidation sites excluding steroid dienone is 2. The van der Waals surface area contributed by atoms with Crippen LogP contribution in [0.15, 0.2) is 58.7 Å². The summed E-state index contributed by atoms with van der Waals surface area (Å²) in [7, 11) is 0. The van der Waals surface area contributed by atoms with Crippen LogP contribution in [0.3, 0.4) is 0 Å². The van der Waals surface area contributed by atoms with Crippen molar-refractivity contribution in [2.24, 2.45) is 10.7 Å². The number of amides is 1. The van der Waals surface area contributed by atoms with Gasteiger partial charge in [0.1, 0.15) is 17.2 Å². The summed E-state index contributed by atoms with van der Waals surface area (Å²) in [5, 5.41) is 2.69. The second kappa shape index (κ2) is 11.4. The third kappa shape index (κ3) is 7.13. The third-order valence-electron chi connectivity index (χ3n) is 6.51. The number of ether oxygens (including phenoxy) is 1. The van der Waals surface area contributed by atoms with Gasteiger partial charge < -0.3 is 20.7 Å². The number of morpholine rings is 1. The summed E-state index contributed by atoms with van der Waals surface area (Å²) in [6, 6.07) is 9.15. The molecule has 0 atom stereocenters. The predicted octanol–water partition coefficient (Wildman–Crippen LogP) is 4.77. The Morgan fingerprint density at radius 1 is 1.26 bits per heavy atom. The molecular weight excluding hydrogens is 507 g/mol. The molecule has 1 aromatic carbocycles. The lowest BCUT2D eigenvalue weighted by Crippen LogP contribution is -2.36. The van der Waals surface area contributed by atoms with Crippen LogP contribution in [-0.2, 0) is 9.53 Å². The van der Waals surface area contributed by atoms with Gasteiger partial charge in [-0.25, -0.2) is 4.98 Å². The smallest absolute Gasteiger partial charge is 0.378 e. The van der Waals surface area contributed by atoms with Gasteiger partial charge in [0, 0.05) is 24.4 Å². The minimum atomic E-state index is -4.73. The number of aryl methyl sites for hydroxylation is 1. The van der Waals surface area contributed by atoms with Crippen molar-refractivity contribution in [3.8, 4) is 23.0 Å². The average Bonchev–Trinajstić information content (AvgIpc) is 3.66. The summed E-state index contributed by atoms with van der Waals surface area (Å²) < 4.78 is 44.9. The number of hydrogen-bond acceptors (Lipinski definition) is 6. The Bertz CT molecular complexity index is 1390. The van der Waals surface area contributed by atoms with E-state index in [-0.39, 0.29) is 5.57 Å². The molecule has 0 radical (unpaired) electrons. The second-order valence-electron chi connectivity index (χ2n) is 9.52. The Morgan fingerprint density at radius 2 is 1.97 bits per heavy atom. The second-order valence-corrected chi connectivity index (χ2v) is 9.52. The fourth-order valence-electron chi connectivity index (χ4n) is 4.00. The Labute approximate surface area is 225 Å². The maximum absolute atomic E-state index is 13.1. The molecule has 1 aliphatic heterocycles. The molecule has 2 fully saturated rings. The molecule has 0 unspecified atom stereocenters. The van der Waals surface area contributed by atoms with Crippen LogP contribution in [0.5, 0.6) is 0 Å². The van der Waals surface area contributed by atoms with Crippen LogP contribution in [0.25, 0.3) is 11.1 Å². The minimum absolute atomic E-state index is 0.191. The summed E-state index contributed by atoms with van der Waals surface area (Å²) >= 11 is 0. The zero-order chi connectivity index (χ0) is 28.2. The molecule has 3 N–H and O–H groups in total. The van der Waals surface area contributed by atoms with Gasteiger partial charge in [0.25, 0.3) is 5.91 Å². The Balaban J connectivity index is 1.67. The Kier molecular flexibility index (Phi) is 8.23. The van der Waals surface area contributed by atoms with Gasteiger partial charge in [0.2, 0.25) is 0 Å². The van der Waals surface area contributed by atoms with E-state index in [1.54, 1.807) is 12.1 Å². The van der Waals surface area contributed by atoms with Crippen LogP contribution in [0.2, 0.25) is 0 Å². The number of nitrogens with one attached hydrogen (secondary N) is 1. The maximum atomic E-state index is 13.1. The first-order chi connectivity index (χ1) is 18.5. The summed E-state index contributed by atoms with van der Waals surface area (Å²) in [6.07, 6.45) is -1.06. The molecule has 1 saturated heterocycles. The van der Waals surface area contributed by atoms with Crippen molar-refractivity contribution in [3.05, 3.63) is 65.0 Å². The number of nitrogens with zero attached hydrogens (tertiary/aromatic N) is 3. The van der Waals surface area contributed by atoms with Gasteiger partial charge in [-0.05, 0) is 86.4 Å². The molecule has 4 rings (SSSR count). The van der Waals surface area contributed by atoms with Gasteiger partial charge in [-0.3, -0.25) is 9.79 Å². The van der Waals surface area contributed by atoms with Gasteiger partial charge >= 0.3 is 6.18 Å². The number of benzene rings is 1. The van der Waals surface area contributed by atoms with Crippen molar-refractivity contribution in [2.45, 2.75) is 38.4 Å². The van der Waals surface area contributed by atoms with Crippen molar-refractivity contribution >= 4 is 24.1 Å². The number of anilines is 2. The standard InChI is InChI=1S/C29H30F3N5O2/c1-4-20(16-25(34-3)29(30,31)32)27(38)36-22-6-5-19(2)24(18-22)21-15-23(7-8-28(33)9-10-28)35-26(17-21)37-11-13-39-14-12-37/h4-6,15-18H,3,9-14,33H2,1-2H3,(H,36,38)/b20-4+,25-16-. The number of hydrogen-bond donors (Lipinski definition) is 2. The number of alkyl halides is 3. The number of aliphatic imine (C=N–C) groups is 1. The molecule has 1 aliphatic carbocycles. The average molecular weight is 538 g/mol. The lowest BCUT2D eigenvalue weighted by atomic mass is 9.99. The van der Waals surface area contributed by atoms with E-state index < -0.39 is 23.3 Å². The van der Waals surface area contributed by atoms with Gasteiger partial charge in [-0.15, -0.1) is 0 Å². The highest BCUT2D eigenvalue weighted by Crippen LogP contribution is 2.33. The van der Waals surface area contributed by atoms with E-state index in [9.17, 15) is 18.0 Å². The van der Waals surface area contributed by atoms with E-state index in [0.717, 1.165) is 35.3 Å². The summed E-state index contributed by atoms with van der Waals surface area (Å²) in [5.74, 6) is 6.30. The van der Waals surface area contributed by atoms with Crippen LogP contribution >= 0.6 is 0 Å². The summed E-state index contributed by atoms with van der Waals surface area (Å²) in [5.41, 5.74) is 7.87. The fraction of sp³-hybridized carbons (Fsp3) is 0.345. The highest BCUT2D eigenvalue weighted by Gasteiger charge is 2.36. The molecule has 7 nitrogen and oxygen atoms in total. The monoisotopic (exact) mass is 537 g/mol. The molecule has 1 amide bonds. The first-order valence-corrected chi connectivity index (χ1v) is 12.5. The van der Waals surface area contributed by atoms with Crippen LogP contribution in [0.1, 0.15) is 31.0 Å². The molecule has 10 heteroatoms. The van der Waals surface area contributed by atoms with Gasteiger partial charge in [-0.2, -0.15) is 13.2 Å². The van der Waals surface area contributed by atoms with Crippen LogP contribution in [0, 0.1) is 18.8 Å². The molecule has 2 heterocycles. The largest absolute Gasteiger partial charge is 0.433 e. The lowest BCUT2D eigenvalue weighted by Gasteiger charge is -2.28. The highest BCUT2D eigenvalue weighted by atomic mass is 19.4. The lowest BCUT2D eigenvalue weighted by molar-refractivity contribution is -0.112. The number of pyridine rings is 1. The first-order valence-electron chi connectivity index (χ1n) is 12.5. The summed E-state index contributed by atoms with van der Waals surface area (Å²) in [6.45, 7) is 8.95. The zero-order valence-corrected chi connectivity index (χ0v) is 21.9. The fourth-order valence-corrected chi connectivity index (χ4v) is 4.00. The van der Waals surface area contributed by atoms with Crippen molar-refractivity contribution < 1.29 is 22.7 Å². The molecule has 39 heavy (non-hydrogen) atoms. The van der Waals surface area contributed by atoms with Crippen LogP contribution in [-0.4, -0.2) is 55.6 Å². The molecule has 1 aromatic heterocycles. The molecule has 0 spiro atoms. The number of nitrogens with two attached hydrogens (primary N) is 1. The normalized spacial score (nSPS) is 17.2. The quantitative estimate of drug-likeness (QED) is 0.240. The topological polar surface area (TPSA) is 92.8 Å². The van der Waals surface area contributed by atoms with E-state index in [1.807, 2.05) is 25.1 Å². The number of rotatable bonds is 6. The van der Waals surface area contributed by atoms with Gasteiger partial charge in [0.15, 0.2) is 0 Å². The predicted molar refractivity (Wildman–Crippen MR) is 147 cm³/mol. The molecule has 204 valence electrons. The van der Waals surface area contributed by atoms with Gasteiger partial charge in [0.05, 0.1) is 18.8 Å². The van der Waals surface area contributed by atoms with Crippen LogP contribution < -0.4 is 16.0 Å². The maximum Gasteiger partial charge on any atom is 0.433 e. The van der Waals surface area contributed by atoms with Crippen molar-refractivity contribution in [3.63, 3.8) is 0 Å². The van der Waals surface area contributed by atoms with Gasteiger partial charge in [-0.1, -0.05) is 18.1 Å². The van der Waals surface area contributed by atoms with E-state index in [1.165, 1.54) is 13.0 Å². The van der Waals surface area contributed by atoms with Crippen LogP contribution in [0.4, 0.5) is 24.7 Å². The number of halogens is 3. The van der Waals surface area contributed by atoms with E-state index in [0.29, 0.717) is 43.8 Å². The van der Waals surface area contributed by atoms with E-state index in [2.05, 4.69) is 33.8 Å². The molecule has 0 bridgehead atoms. The Hall–Kier alpha value is -3.94. The first kappa shape index (κ1) is 28.1. The highest BCUT2D eigenvalue weighted by molar-refractivity contribution is 6.06. The summed E-state index contributed by atoms with van der Waals surface area (Å²) in [4.78, 5) is 22.7. The molecule has 2 aromatic rings. The number of aromatic nitrogens is 1. The van der Waals surface area contributed by atoms with E-state index >= 15 is 0 Å². The van der Waals surface area contributed by atoms with Crippen molar-refractivity contribution in [1.82, 2.24) is 4.98 Å². The molecule has 1 saturated carbocycles. The number of carbonyl (C=O) groups excluding carboxylic acids is 1. The molecule has 2 aliphatic rings. The SMILES string of the molecule is C=N/C(=C\C(=C/C)C(=O)Nc1ccc(C)c(-c2cc(C#CC3(N)CC3)nc(N3CCOCC3)c2)c1)C(F)(F)F. The minimum Gasteiger partial charge on any atom is -0.378 e. The Morgan fingerprint density at radius 3 is 2.59 bits per heavy atom. The van der Waals surface area contributed by atoms with E-state index in [4.69, 9.17) is 15.5 Å². The number of carbonyl (C=O) groups is 1. The molecular formula is C29H30F3N5O2. The van der Waals surface area contributed by atoms with Crippen molar-refractivity contribution in [1.29, 1.82) is 0 Å². The van der Waals surface area contributed by atoms with Crippen molar-refractivity contribution in [2.75, 3.05) is 36.5 Å².